The largest absolute Gasteiger partial charge is 0.419 e. The average molecular weight is 490 g/mol. The standard InChI is InChI=1S/C28H21F7/c1-2-3-4-5-16-6-9-20(23(29)12-16)19-14-24(30)26(25(31)15-19)18-7-10-21-17(13-18)8-11-22(27(21)32)28(33,34)35/h6-15H,2-5H2,1H3. The molecule has 0 aliphatic rings. The number of alkyl halides is 3. The Kier molecular flexibility index (Phi) is 6.88. The second-order valence-corrected chi connectivity index (χ2v) is 8.45. The third kappa shape index (κ3) is 5.04. The summed E-state index contributed by atoms with van der Waals surface area (Å²) in [7, 11) is 0. The second kappa shape index (κ2) is 9.72. The lowest BCUT2D eigenvalue weighted by Crippen LogP contribution is -2.08. The first-order valence-corrected chi connectivity index (χ1v) is 11.2. The van der Waals surface area contributed by atoms with E-state index in [9.17, 15) is 22.0 Å². The summed E-state index contributed by atoms with van der Waals surface area (Å²) < 4.78 is 98.0. The Morgan fingerprint density at radius 2 is 1.40 bits per heavy atom. The van der Waals surface area contributed by atoms with Crippen LogP contribution in [0.25, 0.3) is 33.0 Å². The zero-order valence-corrected chi connectivity index (χ0v) is 18.7. The SMILES string of the molecule is CCCCCc1ccc(-c2cc(F)c(-c3ccc4c(F)c(C(F)(F)F)ccc4c3)c(F)c2)c(F)c1. The Bertz CT molecular complexity index is 1360. The number of unbranched alkanes of at least 4 members (excludes halogenated alkanes) is 2. The molecule has 0 heterocycles. The molecule has 0 amide bonds. The minimum Gasteiger partial charge on any atom is -0.206 e. The van der Waals surface area contributed by atoms with E-state index in [1.807, 2.05) is 0 Å². The fraction of sp³-hybridized carbons (Fsp3) is 0.214. The molecule has 4 aromatic rings. The molecule has 0 radical (unpaired) electrons. The van der Waals surface area contributed by atoms with Crippen molar-refractivity contribution in [3.8, 4) is 22.3 Å². The van der Waals surface area contributed by atoms with Gasteiger partial charge in [0.25, 0.3) is 0 Å². The molecule has 0 aliphatic carbocycles. The molecule has 7 heteroatoms. The predicted molar refractivity (Wildman–Crippen MR) is 123 cm³/mol. The van der Waals surface area contributed by atoms with Crippen LogP contribution in [0.4, 0.5) is 30.7 Å². The van der Waals surface area contributed by atoms with Gasteiger partial charge >= 0.3 is 6.18 Å². The van der Waals surface area contributed by atoms with Crippen LogP contribution in [-0.2, 0) is 12.6 Å². The molecule has 0 N–H and O–H groups in total. The highest BCUT2D eigenvalue weighted by Crippen LogP contribution is 2.37. The lowest BCUT2D eigenvalue weighted by atomic mass is 9.95. The van der Waals surface area contributed by atoms with E-state index in [4.69, 9.17) is 0 Å². The van der Waals surface area contributed by atoms with Gasteiger partial charge < -0.3 is 0 Å². The number of rotatable bonds is 6. The summed E-state index contributed by atoms with van der Waals surface area (Å²) in [5.74, 6) is -3.99. The topological polar surface area (TPSA) is 0 Å². The van der Waals surface area contributed by atoms with Gasteiger partial charge in [0, 0.05) is 10.9 Å². The van der Waals surface area contributed by atoms with E-state index >= 15 is 8.78 Å². The zero-order chi connectivity index (χ0) is 25.3. The van der Waals surface area contributed by atoms with E-state index in [-0.39, 0.29) is 27.5 Å². The summed E-state index contributed by atoms with van der Waals surface area (Å²) in [5, 5.41) is -0.261. The first-order chi connectivity index (χ1) is 16.6. The highest BCUT2D eigenvalue weighted by Gasteiger charge is 2.34. The summed E-state index contributed by atoms with van der Waals surface area (Å²) >= 11 is 0. The van der Waals surface area contributed by atoms with E-state index in [2.05, 4.69) is 6.92 Å². The summed E-state index contributed by atoms with van der Waals surface area (Å²) in [4.78, 5) is 0. The Morgan fingerprint density at radius 1 is 0.686 bits per heavy atom. The highest BCUT2D eigenvalue weighted by molar-refractivity contribution is 5.89. The second-order valence-electron chi connectivity index (χ2n) is 8.45. The molecular formula is C28H21F7. The maximum absolute atomic E-state index is 15.0. The van der Waals surface area contributed by atoms with Crippen molar-refractivity contribution in [2.45, 2.75) is 38.8 Å². The molecule has 0 saturated carbocycles. The van der Waals surface area contributed by atoms with Crippen molar-refractivity contribution in [2.24, 2.45) is 0 Å². The first-order valence-electron chi connectivity index (χ1n) is 11.2. The number of hydrogen-bond donors (Lipinski definition) is 0. The number of halogens is 7. The Balaban J connectivity index is 1.70. The van der Waals surface area contributed by atoms with Crippen LogP contribution in [0.5, 0.6) is 0 Å². The smallest absolute Gasteiger partial charge is 0.206 e. The third-order valence-electron chi connectivity index (χ3n) is 6.00. The van der Waals surface area contributed by atoms with Crippen molar-refractivity contribution < 1.29 is 30.7 Å². The average Bonchev–Trinajstić information content (AvgIpc) is 2.78. The molecule has 182 valence electrons. The Morgan fingerprint density at radius 3 is 2.03 bits per heavy atom. The van der Waals surface area contributed by atoms with Crippen LogP contribution >= 0.6 is 0 Å². The van der Waals surface area contributed by atoms with Gasteiger partial charge in [-0.3, -0.25) is 0 Å². The maximum atomic E-state index is 15.0. The molecule has 0 aliphatic heterocycles. The molecule has 0 aromatic heterocycles. The molecule has 4 aromatic carbocycles. The number of aryl methyl sites for hydroxylation is 1. The maximum Gasteiger partial charge on any atom is 0.419 e. The Labute approximate surface area is 198 Å². The van der Waals surface area contributed by atoms with Crippen LogP contribution in [-0.4, -0.2) is 0 Å². The molecule has 0 bridgehead atoms. The van der Waals surface area contributed by atoms with Crippen LogP contribution in [0.3, 0.4) is 0 Å². The van der Waals surface area contributed by atoms with E-state index < -0.39 is 40.6 Å². The number of hydrogen-bond acceptors (Lipinski definition) is 0. The normalized spacial score (nSPS) is 11.9. The molecule has 0 fully saturated rings. The Hall–Kier alpha value is -3.35. The van der Waals surface area contributed by atoms with Gasteiger partial charge in [-0.05, 0) is 65.3 Å². The predicted octanol–water partition coefficient (Wildman–Crippen LogP) is 9.48. The minimum atomic E-state index is -4.87. The monoisotopic (exact) mass is 490 g/mol. The van der Waals surface area contributed by atoms with E-state index in [1.165, 1.54) is 18.2 Å². The van der Waals surface area contributed by atoms with Gasteiger partial charge in [-0.2, -0.15) is 13.2 Å². The van der Waals surface area contributed by atoms with Crippen molar-refractivity contribution >= 4 is 10.8 Å². The molecule has 0 nitrogen and oxygen atoms in total. The third-order valence-corrected chi connectivity index (χ3v) is 6.00. The number of benzene rings is 4. The molecule has 35 heavy (non-hydrogen) atoms. The summed E-state index contributed by atoms with van der Waals surface area (Å²) in [5.41, 5.74) is -0.971. The van der Waals surface area contributed by atoms with Crippen LogP contribution in [0.15, 0.2) is 60.7 Å². The van der Waals surface area contributed by atoms with Gasteiger partial charge in [-0.25, -0.2) is 17.6 Å². The quantitative estimate of drug-likeness (QED) is 0.187. The van der Waals surface area contributed by atoms with E-state index in [0.29, 0.717) is 12.5 Å². The summed E-state index contributed by atoms with van der Waals surface area (Å²) in [6, 6.07) is 11.6. The van der Waals surface area contributed by atoms with Crippen molar-refractivity contribution in [3.63, 3.8) is 0 Å². The molecule has 0 saturated heterocycles. The van der Waals surface area contributed by atoms with Crippen molar-refractivity contribution in [1.29, 1.82) is 0 Å². The van der Waals surface area contributed by atoms with Gasteiger partial charge in [0.1, 0.15) is 23.3 Å². The van der Waals surface area contributed by atoms with Gasteiger partial charge in [0.05, 0.1) is 11.1 Å². The molecule has 0 spiro atoms. The summed E-state index contributed by atoms with van der Waals surface area (Å²) in [6.45, 7) is 2.07. The summed E-state index contributed by atoms with van der Waals surface area (Å²) in [6.07, 6.45) is -1.19. The fourth-order valence-corrected chi connectivity index (χ4v) is 4.20. The molecule has 4 rings (SSSR count). The molecular weight excluding hydrogens is 469 g/mol. The van der Waals surface area contributed by atoms with Crippen molar-refractivity contribution in [2.75, 3.05) is 0 Å². The number of fused-ring (bicyclic) bond motifs is 1. The van der Waals surface area contributed by atoms with E-state index in [1.54, 1.807) is 6.07 Å². The van der Waals surface area contributed by atoms with Gasteiger partial charge in [-0.15, -0.1) is 0 Å². The van der Waals surface area contributed by atoms with Gasteiger partial charge in [0.2, 0.25) is 0 Å². The van der Waals surface area contributed by atoms with Crippen LogP contribution < -0.4 is 0 Å². The van der Waals surface area contributed by atoms with Crippen LogP contribution in [0.2, 0.25) is 0 Å². The van der Waals surface area contributed by atoms with Crippen LogP contribution in [0.1, 0.15) is 37.3 Å². The zero-order valence-electron chi connectivity index (χ0n) is 18.7. The first kappa shape index (κ1) is 24.8. The fourth-order valence-electron chi connectivity index (χ4n) is 4.20. The van der Waals surface area contributed by atoms with Crippen LogP contribution in [0, 0.1) is 23.3 Å². The minimum absolute atomic E-state index is 0.0167. The molecule has 0 atom stereocenters. The van der Waals surface area contributed by atoms with Gasteiger partial charge in [-0.1, -0.05) is 50.1 Å². The molecule has 0 unspecified atom stereocenters. The van der Waals surface area contributed by atoms with Gasteiger partial charge in [0.15, 0.2) is 0 Å². The lowest BCUT2D eigenvalue weighted by Gasteiger charge is -2.13. The lowest BCUT2D eigenvalue weighted by molar-refractivity contribution is -0.139. The van der Waals surface area contributed by atoms with Crippen molar-refractivity contribution in [3.05, 3.63) is 95.1 Å². The van der Waals surface area contributed by atoms with E-state index in [0.717, 1.165) is 55.2 Å². The van der Waals surface area contributed by atoms with Crippen molar-refractivity contribution in [1.82, 2.24) is 0 Å². The highest BCUT2D eigenvalue weighted by atomic mass is 19.4.